The minimum atomic E-state index is -1.03. The van der Waals surface area contributed by atoms with Crippen molar-refractivity contribution in [2.45, 2.75) is 20.3 Å². The quantitative estimate of drug-likeness (QED) is 0.432. The maximum absolute atomic E-state index is 13.1. The first-order chi connectivity index (χ1) is 15.3. The number of carboxylic acid groups (broad SMARTS) is 1. The standard InChI is InChI=1S/C25H24ClNO5/c1-4-12-32-18-8-9-20(21(26)14-18)24(28)27-23-15(2)22(31-3)11-10-19(23)16-6-5-7-17(13-16)25(29)30/h5-11,13-14H,4,12H2,1-3H3,(H,27,28)(H,29,30). The number of amides is 1. The van der Waals surface area contributed by atoms with Crippen LogP contribution in [0, 0.1) is 6.92 Å². The van der Waals surface area contributed by atoms with Gasteiger partial charge in [0.25, 0.3) is 5.91 Å². The molecule has 2 N–H and O–H groups in total. The summed E-state index contributed by atoms with van der Waals surface area (Å²) in [4.78, 5) is 24.5. The van der Waals surface area contributed by atoms with Crippen molar-refractivity contribution < 1.29 is 24.2 Å². The van der Waals surface area contributed by atoms with Crippen LogP contribution in [0.2, 0.25) is 5.02 Å². The van der Waals surface area contributed by atoms with Gasteiger partial charge in [-0.2, -0.15) is 0 Å². The third-order valence-corrected chi connectivity index (χ3v) is 5.27. The van der Waals surface area contributed by atoms with Crippen molar-refractivity contribution in [3.8, 4) is 22.6 Å². The molecule has 1 amide bonds. The summed E-state index contributed by atoms with van der Waals surface area (Å²) in [5.41, 5.74) is 2.98. The fourth-order valence-corrected chi connectivity index (χ4v) is 3.56. The van der Waals surface area contributed by atoms with E-state index >= 15 is 0 Å². The molecule has 7 heteroatoms. The van der Waals surface area contributed by atoms with Crippen molar-refractivity contribution >= 4 is 29.2 Å². The lowest BCUT2D eigenvalue weighted by molar-refractivity contribution is 0.0696. The molecule has 0 bridgehead atoms. The van der Waals surface area contributed by atoms with Gasteiger partial charge in [-0.3, -0.25) is 4.79 Å². The van der Waals surface area contributed by atoms with E-state index in [-0.39, 0.29) is 10.6 Å². The Labute approximate surface area is 191 Å². The smallest absolute Gasteiger partial charge is 0.335 e. The lowest BCUT2D eigenvalue weighted by Gasteiger charge is -2.18. The van der Waals surface area contributed by atoms with Crippen molar-refractivity contribution in [2.75, 3.05) is 19.0 Å². The average molecular weight is 454 g/mol. The molecule has 0 aliphatic rings. The molecule has 6 nitrogen and oxygen atoms in total. The number of carboxylic acids is 1. The fourth-order valence-electron chi connectivity index (χ4n) is 3.31. The summed E-state index contributed by atoms with van der Waals surface area (Å²) >= 11 is 6.35. The number of ether oxygens (including phenoxy) is 2. The van der Waals surface area contributed by atoms with Gasteiger partial charge in [0.05, 0.1) is 35.6 Å². The Morgan fingerprint density at radius 1 is 1.09 bits per heavy atom. The summed E-state index contributed by atoms with van der Waals surface area (Å²) in [6.07, 6.45) is 0.862. The third-order valence-electron chi connectivity index (χ3n) is 4.95. The number of rotatable bonds is 8. The van der Waals surface area contributed by atoms with Crippen molar-refractivity contribution in [3.63, 3.8) is 0 Å². The Hall–Kier alpha value is -3.51. The predicted octanol–water partition coefficient (Wildman–Crippen LogP) is 6.06. The van der Waals surface area contributed by atoms with Crippen LogP contribution in [-0.2, 0) is 0 Å². The van der Waals surface area contributed by atoms with E-state index in [0.29, 0.717) is 46.0 Å². The molecule has 0 aliphatic carbocycles. The van der Waals surface area contributed by atoms with Gasteiger partial charge >= 0.3 is 5.97 Å². The maximum Gasteiger partial charge on any atom is 0.335 e. The largest absolute Gasteiger partial charge is 0.496 e. The van der Waals surface area contributed by atoms with Gasteiger partial charge in [-0.15, -0.1) is 0 Å². The van der Waals surface area contributed by atoms with Crippen LogP contribution in [0.3, 0.4) is 0 Å². The minimum absolute atomic E-state index is 0.152. The van der Waals surface area contributed by atoms with Gasteiger partial charge in [-0.05, 0) is 61.4 Å². The number of hydrogen-bond donors (Lipinski definition) is 2. The lowest BCUT2D eigenvalue weighted by atomic mass is 9.98. The SMILES string of the molecule is CCCOc1ccc(C(=O)Nc2c(-c3cccc(C(=O)O)c3)ccc(OC)c2C)c(Cl)c1. The number of halogens is 1. The second kappa shape index (κ2) is 10.2. The number of methoxy groups -OCH3 is 1. The number of anilines is 1. The monoisotopic (exact) mass is 453 g/mol. The Balaban J connectivity index is 2.01. The van der Waals surface area contributed by atoms with Crippen molar-refractivity contribution in [1.29, 1.82) is 0 Å². The van der Waals surface area contributed by atoms with Crippen molar-refractivity contribution in [1.82, 2.24) is 0 Å². The van der Waals surface area contributed by atoms with E-state index in [2.05, 4.69) is 5.32 Å². The van der Waals surface area contributed by atoms with E-state index < -0.39 is 11.9 Å². The van der Waals surface area contributed by atoms with Gasteiger partial charge in [0.15, 0.2) is 0 Å². The highest BCUT2D eigenvalue weighted by molar-refractivity contribution is 6.34. The molecule has 32 heavy (non-hydrogen) atoms. The number of nitrogens with one attached hydrogen (secondary N) is 1. The number of carbonyl (C=O) groups excluding carboxylic acids is 1. The first-order valence-electron chi connectivity index (χ1n) is 10.1. The van der Waals surface area contributed by atoms with Crippen LogP contribution < -0.4 is 14.8 Å². The maximum atomic E-state index is 13.1. The molecule has 0 saturated heterocycles. The van der Waals surface area contributed by atoms with E-state index in [4.69, 9.17) is 21.1 Å². The number of carbonyl (C=O) groups is 2. The molecule has 0 unspecified atom stereocenters. The van der Waals surface area contributed by atoms with Crippen LogP contribution in [0.25, 0.3) is 11.1 Å². The van der Waals surface area contributed by atoms with E-state index in [0.717, 1.165) is 6.42 Å². The van der Waals surface area contributed by atoms with Crippen LogP contribution in [0.4, 0.5) is 5.69 Å². The molecule has 3 aromatic rings. The molecule has 0 heterocycles. The van der Waals surface area contributed by atoms with E-state index in [1.54, 1.807) is 55.6 Å². The zero-order chi connectivity index (χ0) is 23.3. The van der Waals surface area contributed by atoms with E-state index in [1.807, 2.05) is 13.8 Å². The molecule has 166 valence electrons. The molecular formula is C25H24ClNO5. The van der Waals surface area contributed by atoms with Gasteiger partial charge in [0.1, 0.15) is 11.5 Å². The zero-order valence-corrected chi connectivity index (χ0v) is 18.8. The summed E-state index contributed by atoms with van der Waals surface area (Å²) in [6, 6.07) is 15.0. The molecule has 3 rings (SSSR count). The molecular weight excluding hydrogens is 430 g/mol. The first kappa shape index (κ1) is 23.2. The third kappa shape index (κ3) is 5.03. The number of hydrogen-bond acceptors (Lipinski definition) is 4. The second-order valence-corrected chi connectivity index (χ2v) is 7.55. The molecule has 0 spiro atoms. The summed E-state index contributed by atoms with van der Waals surface area (Å²) in [7, 11) is 1.55. The topological polar surface area (TPSA) is 84.9 Å². The molecule has 0 aromatic heterocycles. The van der Waals surface area contributed by atoms with Crippen LogP contribution in [-0.4, -0.2) is 30.7 Å². The van der Waals surface area contributed by atoms with E-state index in [9.17, 15) is 14.7 Å². The van der Waals surface area contributed by atoms with Crippen LogP contribution in [0.1, 0.15) is 39.6 Å². The van der Waals surface area contributed by atoms with Crippen molar-refractivity contribution in [3.05, 3.63) is 76.3 Å². The zero-order valence-electron chi connectivity index (χ0n) is 18.1. The van der Waals surface area contributed by atoms with Crippen LogP contribution in [0.5, 0.6) is 11.5 Å². The second-order valence-electron chi connectivity index (χ2n) is 7.15. The minimum Gasteiger partial charge on any atom is -0.496 e. The first-order valence-corrected chi connectivity index (χ1v) is 10.5. The molecule has 0 radical (unpaired) electrons. The summed E-state index contributed by atoms with van der Waals surface area (Å²) in [5, 5.41) is 12.5. The fraction of sp³-hybridized carbons (Fsp3) is 0.200. The molecule has 0 fully saturated rings. The van der Waals surface area contributed by atoms with Gasteiger partial charge in [0.2, 0.25) is 0 Å². The van der Waals surface area contributed by atoms with E-state index in [1.165, 1.54) is 6.07 Å². The molecule has 0 saturated carbocycles. The highest BCUT2D eigenvalue weighted by atomic mass is 35.5. The Kier molecular flexibility index (Phi) is 7.38. The van der Waals surface area contributed by atoms with Gasteiger partial charge in [0, 0.05) is 11.1 Å². The van der Waals surface area contributed by atoms with Gasteiger partial charge in [-0.1, -0.05) is 30.7 Å². The molecule has 3 aromatic carbocycles. The molecule has 0 atom stereocenters. The molecule has 0 aliphatic heterocycles. The van der Waals surface area contributed by atoms with Gasteiger partial charge in [-0.25, -0.2) is 4.79 Å². The normalized spacial score (nSPS) is 10.5. The Morgan fingerprint density at radius 3 is 2.53 bits per heavy atom. The van der Waals surface area contributed by atoms with Crippen LogP contribution >= 0.6 is 11.6 Å². The van der Waals surface area contributed by atoms with Gasteiger partial charge < -0.3 is 19.9 Å². The number of benzene rings is 3. The summed E-state index contributed by atoms with van der Waals surface area (Å²) in [5.74, 6) is -0.242. The van der Waals surface area contributed by atoms with Crippen molar-refractivity contribution in [2.24, 2.45) is 0 Å². The van der Waals surface area contributed by atoms with Crippen LogP contribution in [0.15, 0.2) is 54.6 Å². The Bertz CT molecular complexity index is 1160. The number of aromatic carboxylic acids is 1. The lowest BCUT2D eigenvalue weighted by Crippen LogP contribution is -2.15. The predicted molar refractivity (Wildman–Crippen MR) is 125 cm³/mol. The summed E-state index contributed by atoms with van der Waals surface area (Å²) < 4.78 is 11.0. The Morgan fingerprint density at radius 2 is 1.88 bits per heavy atom. The average Bonchev–Trinajstić information content (AvgIpc) is 2.79. The highest BCUT2D eigenvalue weighted by Crippen LogP contribution is 2.37. The highest BCUT2D eigenvalue weighted by Gasteiger charge is 2.18. The summed E-state index contributed by atoms with van der Waals surface area (Å²) in [6.45, 7) is 4.38.